The quantitative estimate of drug-likeness (QED) is 0.782. The maximum absolute atomic E-state index is 3.63. The van der Waals surface area contributed by atoms with Gasteiger partial charge in [0.25, 0.3) is 0 Å². The molecule has 0 amide bonds. The lowest BCUT2D eigenvalue weighted by atomic mass is 10.0. The highest BCUT2D eigenvalue weighted by Gasteiger charge is 2.26. The molecule has 0 bridgehead atoms. The van der Waals surface area contributed by atoms with Crippen molar-refractivity contribution in [3.05, 3.63) is 48.0 Å². The number of nitrogens with one attached hydrogen (secondary N) is 1. The summed E-state index contributed by atoms with van der Waals surface area (Å²) in [6, 6.07) is 12.1. The number of rotatable bonds is 2. The van der Waals surface area contributed by atoms with Gasteiger partial charge in [-0.2, -0.15) is 0 Å². The van der Waals surface area contributed by atoms with Gasteiger partial charge in [0, 0.05) is 31.7 Å². The predicted molar refractivity (Wildman–Crippen MR) is 70.9 cm³/mol. The van der Waals surface area contributed by atoms with E-state index in [1.54, 1.807) is 0 Å². The van der Waals surface area contributed by atoms with Gasteiger partial charge in [-0.15, -0.1) is 0 Å². The van der Waals surface area contributed by atoms with Crippen LogP contribution < -0.4 is 5.32 Å². The first-order valence-electron chi connectivity index (χ1n) is 6.61. The van der Waals surface area contributed by atoms with E-state index in [2.05, 4.69) is 52.7 Å². The topological polar surface area (TPSA) is 15.3 Å². The van der Waals surface area contributed by atoms with Crippen molar-refractivity contribution in [1.29, 1.82) is 0 Å². The highest BCUT2D eigenvalue weighted by molar-refractivity contribution is 5.20. The van der Waals surface area contributed by atoms with Gasteiger partial charge in [0.2, 0.25) is 0 Å². The Bertz CT molecular complexity index is 377. The molecule has 0 spiro atoms. The molecule has 1 aliphatic carbocycles. The SMILES string of the molecule is C1=CCC(N2CCNC(c3ccccc3)C2)C1. The van der Waals surface area contributed by atoms with E-state index in [1.165, 1.54) is 24.9 Å². The van der Waals surface area contributed by atoms with Gasteiger partial charge in [0.1, 0.15) is 0 Å². The molecule has 1 aromatic carbocycles. The van der Waals surface area contributed by atoms with Crippen molar-refractivity contribution in [1.82, 2.24) is 10.2 Å². The van der Waals surface area contributed by atoms with E-state index in [0.717, 1.165) is 19.1 Å². The van der Waals surface area contributed by atoms with Crippen molar-refractivity contribution >= 4 is 0 Å². The van der Waals surface area contributed by atoms with Crippen LogP contribution in [0.3, 0.4) is 0 Å². The Hall–Kier alpha value is -1.12. The van der Waals surface area contributed by atoms with Crippen molar-refractivity contribution in [3.8, 4) is 0 Å². The molecule has 90 valence electrons. The third-order valence-corrected chi connectivity index (χ3v) is 3.91. The summed E-state index contributed by atoms with van der Waals surface area (Å²) in [5.41, 5.74) is 1.42. The molecule has 1 fully saturated rings. The summed E-state index contributed by atoms with van der Waals surface area (Å²) in [4.78, 5) is 2.65. The average Bonchev–Trinajstić information content (AvgIpc) is 2.94. The molecular formula is C15H20N2. The van der Waals surface area contributed by atoms with Crippen LogP contribution in [0.4, 0.5) is 0 Å². The highest BCUT2D eigenvalue weighted by atomic mass is 15.2. The van der Waals surface area contributed by atoms with Crippen molar-refractivity contribution in [3.63, 3.8) is 0 Å². The molecule has 3 rings (SSSR count). The monoisotopic (exact) mass is 228 g/mol. The lowest BCUT2D eigenvalue weighted by molar-refractivity contribution is 0.149. The summed E-state index contributed by atoms with van der Waals surface area (Å²) in [6.45, 7) is 3.45. The van der Waals surface area contributed by atoms with Crippen LogP contribution in [0.25, 0.3) is 0 Å². The van der Waals surface area contributed by atoms with Crippen molar-refractivity contribution < 1.29 is 0 Å². The second kappa shape index (κ2) is 5.03. The minimum absolute atomic E-state index is 0.505. The molecule has 1 unspecified atom stereocenters. The van der Waals surface area contributed by atoms with Gasteiger partial charge in [0.05, 0.1) is 0 Å². The maximum atomic E-state index is 3.63. The van der Waals surface area contributed by atoms with Crippen LogP contribution in [-0.4, -0.2) is 30.6 Å². The normalized spacial score (nSPS) is 26.5. The molecule has 17 heavy (non-hydrogen) atoms. The Morgan fingerprint density at radius 3 is 2.59 bits per heavy atom. The van der Waals surface area contributed by atoms with E-state index in [4.69, 9.17) is 0 Å². The van der Waals surface area contributed by atoms with Crippen LogP contribution in [0.2, 0.25) is 0 Å². The Morgan fingerprint density at radius 1 is 1.06 bits per heavy atom. The van der Waals surface area contributed by atoms with E-state index in [-0.39, 0.29) is 0 Å². The second-order valence-electron chi connectivity index (χ2n) is 5.01. The fraction of sp³-hybridized carbons (Fsp3) is 0.467. The zero-order valence-electron chi connectivity index (χ0n) is 10.2. The number of nitrogens with zero attached hydrogens (tertiary/aromatic N) is 1. The molecule has 1 aromatic rings. The number of benzene rings is 1. The molecular weight excluding hydrogens is 208 g/mol. The fourth-order valence-corrected chi connectivity index (χ4v) is 2.91. The average molecular weight is 228 g/mol. The van der Waals surface area contributed by atoms with Crippen LogP contribution in [0.5, 0.6) is 0 Å². The third-order valence-electron chi connectivity index (χ3n) is 3.91. The molecule has 0 radical (unpaired) electrons. The fourth-order valence-electron chi connectivity index (χ4n) is 2.91. The zero-order chi connectivity index (χ0) is 11.5. The molecule has 1 saturated heterocycles. The molecule has 0 aromatic heterocycles. The first-order chi connectivity index (χ1) is 8.43. The zero-order valence-corrected chi connectivity index (χ0v) is 10.2. The third kappa shape index (κ3) is 2.43. The molecule has 2 aliphatic rings. The molecule has 2 heteroatoms. The minimum atomic E-state index is 0.505. The van der Waals surface area contributed by atoms with Crippen LogP contribution in [-0.2, 0) is 0 Å². The van der Waals surface area contributed by atoms with Gasteiger partial charge in [-0.05, 0) is 18.4 Å². The minimum Gasteiger partial charge on any atom is -0.308 e. The molecule has 1 atom stereocenters. The van der Waals surface area contributed by atoms with Crippen molar-refractivity contribution in [2.75, 3.05) is 19.6 Å². The Morgan fingerprint density at radius 2 is 1.82 bits per heavy atom. The lowest BCUT2D eigenvalue weighted by Gasteiger charge is -2.37. The summed E-state index contributed by atoms with van der Waals surface area (Å²) in [6.07, 6.45) is 7.12. The first-order valence-corrected chi connectivity index (χ1v) is 6.61. The summed E-state index contributed by atoms with van der Waals surface area (Å²) in [7, 11) is 0. The lowest BCUT2D eigenvalue weighted by Crippen LogP contribution is -2.49. The van der Waals surface area contributed by atoms with Gasteiger partial charge in [-0.3, -0.25) is 4.90 Å². The van der Waals surface area contributed by atoms with Crippen LogP contribution in [0, 0.1) is 0 Å². The van der Waals surface area contributed by atoms with Gasteiger partial charge in [-0.1, -0.05) is 42.5 Å². The predicted octanol–water partition coefficient (Wildman–Crippen LogP) is 2.35. The number of piperazine rings is 1. The van der Waals surface area contributed by atoms with Crippen LogP contribution in [0.1, 0.15) is 24.4 Å². The van der Waals surface area contributed by atoms with Crippen molar-refractivity contribution in [2.45, 2.75) is 24.9 Å². The van der Waals surface area contributed by atoms with Gasteiger partial charge < -0.3 is 5.32 Å². The van der Waals surface area contributed by atoms with E-state index in [1.807, 2.05) is 0 Å². The maximum Gasteiger partial charge on any atom is 0.0449 e. The number of hydrogen-bond acceptors (Lipinski definition) is 2. The molecule has 0 saturated carbocycles. The molecule has 1 N–H and O–H groups in total. The van der Waals surface area contributed by atoms with E-state index >= 15 is 0 Å². The highest BCUT2D eigenvalue weighted by Crippen LogP contribution is 2.23. The summed E-state index contributed by atoms with van der Waals surface area (Å²) < 4.78 is 0. The van der Waals surface area contributed by atoms with E-state index in [0.29, 0.717) is 6.04 Å². The summed E-state index contributed by atoms with van der Waals surface area (Å²) in [5.74, 6) is 0. The largest absolute Gasteiger partial charge is 0.308 e. The van der Waals surface area contributed by atoms with Gasteiger partial charge in [0.15, 0.2) is 0 Å². The molecule has 1 heterocycles. The second-order valence-corrected chi connectivity index (χ2v) is 5.01. The van der Waals surface area contributed by atoms with Crippen LogP contribution in [0.15, 0.2) is 42.5 Å². The first kappa shape index (κ1) is 11.0. The number of hydrogen-bond donors (Lipinski definition) is 1. The molecule has 1 aliphatic heterocycles. The van der Waals surface area contributed by atoms with E-state index in [9.17, 15) is 0 Å². The summed E-state index contributed by atoms with van der Waals surface area (Å²) in [5, 5.41) is 3.63. The smallest absolute Gasteiger partial charge is 0.0449 e. The van der Waals surface area contributed by atoms with E-state index < -0.39 is 0 Å². The van der Waals surface area contributed by atoms with Gasteiger partial charge in [-0.25, -0.2) is 0 Å². The van der Waals surface area contributed by atoms with Crippen molar-refractivity contribution in [2.24, 2.45) is 0 Å². The summed E-state index contributed by atoms with van der Waals surface area (Å²) >= 11 is 0. The Balaban J connectivity index is 1.67. The molecule has 2 nitrogen and oxygen atoms in total. The van der Waals surface area contributed by atoms with Crippen LogP contribution >= 0.6 is 0 Å². The Kier molecular flexibility index (Phi) is 3.25. The Labute approximate surface area is 103 Å². The standard InChI is InChI=1S/C15H20N2/c1-2-6-13(7-3-1)15-12-17(11-10-16-15)14-8-4-5-9-14/h1-7,14-16H,8-12H2. The van der Waals surface area contributed by atoms with Gasteiger partial charge >= 0.3 is 0 Å².